The summed E-state index contributed by atoms with van der Waals surface area (Å²) in [4.78, 5) is 13.9. The summed E-state index contributed by atoms with van der Waals surface area (Å²) in [6.45, 7) is 0.0518. The molecule has 0 atom stereocenters. The number of rotatable bonds is 3. The molecule has 0 bridgehead atoms. The van der Waals surface area contributed by atoms with Crippen molar-refractivity contribution in [2.24, 2.45) is 5.73 Å². The number of halogens is 3. The highest BCUT2D eigenvalue weighted by atomic mass is 35.5. The van der Waals surface area contributed by atoms with Crippen molar-refractivity contribution < 1.29 is 13.6 Å². The molecule has 1 rings (SSSR count). The first kappa shape index (κ1) is 11.0. The van der Waals surface area contributed by atoms with Crippen LogP contribution in [0.4, 0.5) is 8.78 Å². The van der Waals surface area contributed by atoms with Crippen LogP contribution in [0.1, 0.15) is 28.0 Å². The summed E-state index contributed by atoms with van der Waals surface area (Å²) in [6.07, 6.45) is -2.51. The number of hydrogen-bond donors (Lipinski definition) is 1. The Labute approximate surface area is 83.9 Å². The summed E-state index contributed by atoms with van der Waals surface area (Å²) >= 11 is 5.56. The normalized spacial score (nSPS) is 10.6. The van der Waals surface area contributed by atoms with Crippen LogP contribution < -0.4 is 5.73 Å². The van der Waals surface area contributed by atoms with E-state index in [0.717, 1.165) is 0 Å². The highest BCUT2D eigenvalue weighted by molar-refractivity contribution is 6.30. The zero-order valence-corrected chi connectivity index (χ0v) is 7.76. The van der Waals surface area contributed by atoms with Gasteiger partial charge in [0.25, 0.3) is 6.43 Å². The Morgan fingerprint density at radius 2 is 2.29 bits per heavy atom. The minimum atomic E-state index is -2.82. The van der Waals surface area contributed by atoms with Crippen LogP contribution in [0.3, 0.4) is 0 Å². The SMILES string of the molecule is NCc1cc(C=O)c(C(F)F)nc1Cl. The second-order valence-corrected chi connectivity index (χ2v) is 2.89. The lowest BCUT2D eigenvalue weighted by molar-refractivity contribution is 0.110. The molecule has 2 N–H and O–H groups in total. The van der Waals surface area contributed by atoms with Crippen molar-refractivity contribution in [2.75, 3.05) is 0 Å². The van der Waals surface area contributed by atoms with E-state index < -0.39 is 12.1 Å². The molecule has 0 unspecified atom stereocenters. The van der Waals surface area contributed by atoms with Crippen molar-refractivity contribution >= 4 is 17.9 Å². The Morgan fingerprint density at radius 3 is 2.71 bits per heavy atom. The number of hydrogen-bond acceptors (Lipinski definition) is 3. The lowest BCUT2D eigenvalue weighted by Crippen LogP contribution is -2.05. The largest absolute Gasteiger partial charge is 0.326 e. The molecule has 0 fully saturated rings. The molecule has 0 aliphatic heterocycles. The molecule has 0 radical (unpaired) electrons. The molecule has 0 amide bonds. The maximum absolute atomic E-state index is 12.3. The van der Waals surface area contributed by atoms with Gasteiger partial charge in [0.1, 0.15) is 10.8 Å². The lowest BCUT2D eigenvalue weighted by Gasteiger charge is -2.06. The van der Waals surface area contributed by atoms with Crippen LogP contribution >= 0.6 is 11.6 Å². The quantitative estimate of drug-likeness (QED) is 0.626. The van der Waals surface area contributed by atoms with Gasteiger partial charge in [-0.25, -0.2) is 13.8 Å². The van der Waals surface area contributed by atoms with Gasteiger partial charge in [0.05, 0.1) is 0 Å². The van der Waals surface area contributed by atoms with Gasteiger partial charge in [-0.15, -0.1) is 0 Å². The Morgan fingerprint density at radius 1 is 1.64 bits per heavy atom. The average molecular weight is 221 g/mol. The Kier molecular flexibility index (Phi) is 3.49. The highest BCUT2D eigenvalue weighted by Gasteiger charge is 2.17. The van der Waals surface area contributed by atoms with E-state index in [1.165, 1.54) is 6.07 Å². The molecule has 1 aromatic rings. The highest BCUT2D eigenvalue weighted by Crippen LogP contribution is 2.24. The molecule has 0 aliphatic carbocycles. The molecule has 1 aromatic heterocycles. The summed E-state index contributed by atoms with van der Waals surface area (Å²) in [6, 6.07) is 1.23. The van der Waals surface area contributed by atoms with E-state index in [1.54, 1.807) is 0 Å². The van der Waals surface area contributed by atoms with E-state index in [4.69, 9.17) is 17.3 Å². The fourth-order valence-electron chi connectivity index (χ4n) is 0.976. The topological polar surface area (TPSA) is 56.0 Å². The van der Waals surface area contributed by atoms with Gasteiger partial charge >= 0.3 is 0 Å². The fraction of sp³-hybridized carbons (Fsp3) is 0.250. The second-order valence-electron chi connectivity index (χ2n) is 2.54. The number of alkyl halides is 2. The van der Waals surface area contributed by atoms with Crippen LogP contribution in [-0.2, 0) is 6.54 Å². The molecule has 0 saturated heterocycles. The number of pyridine rings is 1. The predicted octanol–water partition coefficient (Wildman–Crippen LogP) is 1.94. The molecule has 0 saturated carbocycles. The smallest absolute Gasteiger partial charge is 0.281 e. The van der Waals surface area contributed by atoms with Gasteiger partial charge in [-0.3, -0.25) is 4.79 Å². The van der Waals surface area contributed by atoms with E-state index >= 15 is 0 Å². The second kappa shape index (κ2) is 4.43. The van der Waals surface area contributed by atoms with Crippen LogP contribution in [0.15, 0.2) is 6.07 Å². The van der Waals surface area contributed by atoms with Crippen molar-refractivity contribution in [1.82, 2.24) is 4.98 Å². The van der Waals surface area contributed by atoms with Crippen molar-refractivity contribution in [1.29, 1.82) is 0 Å². The van der Waals surface area contributed by atoms with Crippen molar-refractivity contribution in [3.63, 3.8) is 0 Å². The van der Waals surface area contributed by atoms with E-state index in [2.05, 4.69) is 4.98 Å². The van der Waals surface area contributed by atoms with Gasteiger partial charge in [0.2, 0.25) is 0 Å². The van der Waals surface area contributed by atoms with Crippen molar-refractivity contribution in [3.8, 4) is 0 Å². The molecule has 0 aliphatic rings. The Hall–Kier alpha value is -1.07. The van der Waals surface area contributed by atoms with Crippen LogP contribution in [0, 0.1) is 0 Å². The maximum atomic E-state index is 12.3. The number of nitrogens with two attached hydrogens (primary N) is 1. The minimum absolute atomic E-state index is 0.0518. The van der Waals surface area contributed by atoms with E-state index in [-0.39, 0.29) is 17.3 Å². The van der Waals surface area contributed by atoms with Crippen molar-refractivity contribution in [3.05, 3.63) is 28.0 Å². The van der Waals surface area contributed by atoms with Crippen molar-refractivity contribution in [2.45, 2.75) is 13.0 Å². The lowest BCUT2D eigenvalue weighted by atomic mass is 10.1. The summed E-state index contributed by atoms with van der Waals surface area (Å²) < 4.78 is 24.6. The monoisotopic (exact) mass is 220 g/mol. The Bertz CT molecular complexity index is 357. The molecular weight excluding hydrogens is 214 g/mol. The number of carbonyl (C=O) groups excluding carboxylic acids is 1. The van der Waals surface area contributed by atoms with Gasteiger partial charge in [-0.05, 0) is 6.07 Å². The van der Waals surface area contributed by atoms with E-state index in [0.29, 0.717) is 11.8 Å². The summed E-state index contributed by atoms with van der Waals surface area (Å²) in [5, 5.41) is -0.0894. The number of carbonyl (C=O) groups is 1. The first-order valence-corrected chi connectivity index (χ1v) is 4.10. The number of aromatic nitrogens is 1. The molecular formula is C8H7ClF2N2O. The van der Waals surface area contributed by atoms with Gasteiger partial charge in [0.15, 0.2) is 6.29 Å². The number of aldehydes is 1. The molecule has 3 nitrogen and oxygen atoms in total. The molecule has 0 spiro atoms. The predicted molar refractivity (Wildman–Crippen MR) is 47.5 cm³/mol. The van der Waals surface area contributed by atoms with Gasteiger partial charge < -0.3 is 5.73 Å². The molecule has 1 heterocycles. The number of nitrogens with zero attached hydrogens (tertiary/aromatic N) is 1. The van der Waals surface area contributed by atoms with Gasteiger partial charge in [0, 0.05) is 17.7 Å². The van der Waals surface area contributed by atoms with Crippen LogP contribution in [0.25, 0.3) is 0 Å². The molecule has 6 heteroatoms. The summed E-state index contributed by atoms with van der Waals surface area (Å²) in [7, 11) is 0. The third kappa shape index (κ3) is 2.05. The van der Waals surface area contributed by atoms with Crippen LogP contribution in [0.2, 0.25) is 5.15 Å². The molecule has 0 aromatic carbocycles. The molecule has 76 valence electrons. The zero-order chi connectivity index (χ0) is 10.7. The Balaban J connectivity index is 3.31. The third-order valence-corrected chi connectivity index (χ3v) is 1.99. The first-order chi connectivity index (χ1) is 6.60. The maximum Gasteiger partial charge on any atom is 0.281 e. The summed E-state index contributed by atoms with van der Waals surface area (Å²) in [5.41, 5.74) is 4.86. The van der Waals surface area contributed by atoms with Crippen LogP contribution in [-0.4, -0.2) is 11.3 Å². The van der Waals surface area contributed by atoms with Gasteiger partial charge in [-0.2, -0.15) is 0 Å². The fourth-order valence-corrected chi connectivity index (χ4v) is 1.20. The zero-order valence-electron chi connectivity index (χ0n) is 7.01. The average Bonchev–Trinajstić information content (AvgIpc) is 2.17. The summed E-state index contributed by atoms with van der Waals surface area (Å²) in [5.74, 6) is 0. The van der Waals surface area contributed by atoms with Gasteiger partial charge in [-0.1, -0.05) is 11.6 Å². The minimum Gasteiger partial charge on any atom is -0.326 e. The third-order valence-electron chi connectivity index (χ3n) is 1.66. The van der Waals surface area contributed by atoms with E-state index in [9.17, 15) is 13.6 Å². The molecule has 14 heavy (non-hydrogen) atoms. The standard InChI is InChI=1S/C8H7ClF2N2O/c9-7-4(2-12)1-5(3-14)6(13-7)8(10)11/h1,3,8H,2,12H2. The first-order valence-electron chi connectivity index (χ1n) is 3.72. The van der Waals surface area contributed by atoms with E-state index in [1.807, 2.05) is 0 Å². The van der Waals surface area contributed by atoms with Crippen LogP contribution in [0.5, 0.6) is 0 Å².